The predicted molar refractivity (Wildman–Crippen MR) is 50.6 cm³/mol. The molecule has 0 aromatic rings. The van der Waals surface area contributed by atoms with Gasteiger partial charge >= 0.3 is 5.97 Å². The number of carbonyl (C=O) groups is 2. The van der Waals surface area contributed by atoms with Gasteiger partial charge in [0.25, 0.3) is 0 Å². The standard InChI is InChI=1S/C11H14O3/c1-7-3-4-8(10(13)14-2)9(12)11(7)5-6-11/h4,7H,3,5-6H2,1-2H3/t7-/m1/s1. The highest BCUT2D eigenvalue weighted by atomic mass is 16.5. The summed E-state index contributed by atoms with van der Waals surface area (Å²) in [6.45, 7) is 2.08. The molecule has 3 nitrogen and oxygen atoms in total. The number of ketones is 1. The molecule has 2 aliphatic rings. The molecule has 0 bridgehead atoms. The first-order chi connectivity index (χ1) is 6.62. The largest absolute Gasteiger partial charge is 0.465 e. The first-order valence-corrected chi connectivity index (χ1v) is 4.95. The highest BCUT2D eigenvalue weighted by Gasteiger charge is 2.56. The zero-order chi connectivity index (χ0) is 10.3. The van der Waals surface area contributed by atoms with Gasteiger partial charge in [-0.2, -0.15) is 0 Å². The van der Waals surface area contributed by atoms with E-state index >= 15 is 0 Å². The molecule has 0 aromatic carbocycles. The lowest BCUT2D eigenvalue weighted by molar-refractivity contribution is -0.139. The summed E-state index contributed by atoms with van der Waals surface area (Å²) in [5, 5.41) is 0. The van der Waals surface area contributed by atoms with Crippen LogP contribution in [0.5, 0.6) is 0 Å². The summed E-state index contributed by atoms with van der Waals surface area (Å²) in [4.78, 5) is 23.2. The molecule has 1 spiro atoms. The Labute approximate surface area is 83.1 Å². The van der Waals surface area contributed by atoms with Crippen LogP contribution in [0.4, 0.5) is 0 Å². The molecule has 0 heterocycles. The van der Waals surface area contributed by atoms with E-state index in [0.717, 1.165) is 19.3 Å². The molecule has 1 saturated carbocycles. The van der Waals surface area contributed by atoms with E-state index in [-0.39, 0.29) is 16.8 Å². The van der Waals surface area contributed by atoms with Crippen LogP contribution < -0.4 is 0 Å². The first-order valence-electron chi connectivity index (χ1n) is 4.95. The van der Waals surface area contributed by atoms with Gasteiger partial charge in [0.1, 0.15) is 0 Å². The molecule has 14 heavy (non-hydrogen) atoms. The Balaban J connectivity index is 2.29. The number of allylic oxidation sites excluding steroid dienone is 1. The summed E-state index contributed by atoms with van der Waals surface area (Å²) >= 11 is 0. The van der Waals surface area contributed by atoms with E-state index in [1.165, 1.54) is 7.11 Å². The number of carbonyl (C=O) groups excluding carboxylic acids is 2. The third kappa shape index (κ3) is 1.11. The van der Waals surface area contributed by atoms with Crippen LogP contribution in [0.15, 0.2) is 11.6 Å². The van der Waals surface area contributed by atoms with Crippen LogP contribution in [0.25, 0.3) is 0 Å². The molecular weight excluding hydrogens is 180 g/mol. The van der Waals surface area contributed by atoms with Gasteiger partial charge in [-0.25, -0.2) is 4.79 Å². The van der Waals surface area contributed by atoms with Gasteiger partial charge in [0.05, 0.1) is 12.7 Å². The zero-order valence-electron chi connectivity index (χ0n) is 8.50. The lowest BCUT2D eigenvalue weighted by Crippen LogP contribution is -2.32. The van der Waals surface area contributed by atoms with Crippen molar-refractivity contribution in [3.05, 3.63) is 11.6 Å². The van der Waals surface area contributed by atoms with Crippen molar-refractivity contribution in [2.75, 3.05) is 7.11 Å². The number of methoxy groups -OCH3 is 1. The van der Waals surface area contributed by atoms with E-state index in [4.69, 9.17) is 0 Å². The Hall–Kier alpha value is -1.12. The van der Waals surface area contributed by atoms with E-state index in [2.05, 4.69) is 11.7 Å². The molecule has 0 N–H and O–H groups in total. The maximum absolute atomic E-state index is 12.0. The molecule has 2 aliphatic carbocycles. The van der Waals surface area contributed by atoms with Gasteiger partial charge in [-0.1, -0.05) is 13.0 Å². The monoisotopic (exact) mass is 194 g/mol. The van der Waals surface area contributed by atoms with Crippen LogP contribution in [-0.4, -0.2) is 18.9 Å². The molecule has 0 saturated heterocycles. The van der Waals surface area contributed by atoms with Crippen molar-refractivity contribution in [3.8, 4) is 0 Å². The van der Waals surface area contributed by atoms with Crippen LogP contribution >= 0.6 is 0 Å². The lowest BCUT2D eigenvalue weighted by atomic mass is 9.77. The molecule has 1 fully saturated rings. The number of esters is 1. The molecule has 0 unspecified atom stereocenters. The summed E-state index contributed by atoms with van der Waals surface area (Å²) in [6.07, 6.45) is 4.40. The molecule has 2 rings (SSSR count). The van der Waals surface area contributed by atoms with Crippen LogP contribution in [0.3, 0.4) is 0 Å². The Morgan fingerprint density at radius 3 is 2.71 bits per heavy atom. The minimum Gasteiger partial charge on any atom is -0.465 e. The number of ether oxygens (including phenoxy) is 1. The van der Waals surface area contributed by atoms with Gasteiger partial charge in [0.15, 0.2) is 5.78 Å². The quantitative estimate of drug-likeness (QED) is 0.469. The normalized spacial score (nSPS) is 28.6. The van der Waals surface area contributed by atoms with Crippen molar-refractivity contribution in [2.24, 2.45) is 11.3 Å². The van der Waals surface area contributed by atoms with E-state index < -0.39 is 5.97 Å². The number of Topliss-reactive ketones (excluding diaryl/α,β-unsaturated/α-hetero) is 1. The Kier molecular flexibility index (Phi) is 1.98. The number of hydrogen-bond donors (Lipinski definition) is 0. The zero-order valence-corrected chi connectivity index (χ0v) is 8.50. The fraction of sp³-hybridized carbons (Fsp3) is 0.636. The molecule has 76 valence electrons. The highest BCUT2D eigenvalue weighted by molar-refractivity contribution is 6.20. The topological polar surface area (TPSA) is 43.4 Å². The third-order valence-electron chi connectivity index (χ3n) is 3.51. The van der Waals surface area contributed by atoms with Gasteiger partial charge in [0.2, 0.25) is 0 Å². The van der Waals surface area contributed by atoms with E-state index in [0.29, 0.717) is 5.92 Å². The lowest BCUT2D eigenvalue weighted by Gasteiger charge is -2.26. The predicted octanol–water partition coefficient (Wildman–Crippen LogP) is 1.47. The van der Waals surface area contributed by atoms with Crippen molar-refractivity contribution in [2.45, 2.75) is 26.2 Å². The summed E-state index contributed by atoms with van der Waals surface area (Å²) < 4.78 is 4.59. The summed E-state index contributed by atoms with van der Waals surface area (Å²) in [6, 6.07) is 0. The van der Waals surface area contributed by atoms with E-state index in [9.17, 15) is 9.59 Å². The van der Waals surface area contributed by atoms with Crippen molar-refractivity contribution >= 4 is 11.8 Å². The van der Waals surface area contributed by atoms with E-state index in [1.807, 2.05) is 0 Å². The fourth-order valence-electron chi connectivity index (χ4n) is 2.25. The average Bonchev–Trinajstić information content (AvgIpc) is 2.96. The van der Waals surface area contributed by atoms with Crippen molar-refractivity contribution < 1.29 is 14.3 Å². The minimum atomic E-state index is -0.479. The summed E-state index contributed by atoms with van der Waals surface area (Å²) in [5.41, 5.74) is 0.0567. The summed E-state index contributed by atoms with van der Waals surface area (Å²) in [7, 11) is 1.31. The molecule has 0 aromatic heterocycles. The van der Waals surface area contributed by atoms with Crippen molar-refractivity contribution in [1.82, 2.24) is 0 Å². The average molecular weight is 194 g/mol. The highest BCUT2D eigenvalue weighted by Crippen LogP contribution is 2.57. The second kappa shape index (κ2) is 2.94. The van der Waals surface area contributed by atoms with Gasteiger partial charge in [-0.05, 0) is 25.2 Å². The third-order valence-corrected chi connectivity index (χ3v) is 3.51. The van der Waals surface area contributed by atoms with Gasteiger partial charge < -0.3 is 4.74 Å². The van der Waals surface area contributed by atoms with Crippen LogP contribution in [0.1, 0.15) is 26.2 Å². The van der Waals surface area contributed by atoms with E-state index in [1.54, 1.807) is 6.08 Å². The van der Waals surface area contributed by atoms with Crippen LogP contribution in [-0.2, 0) is 14.3 Å². The first kappa shape index (κ1) is 9.44. The second-order valence-electron chi connectivity index (χ2n) is 4.23. The van der Waals surface area contributed by atoms with Gasteiger partial charge in [0, 0.05) is 5.41 Å². The molecule has 1 atom stereocenters. The molecular formula is C11H14O3. The van der Waals surface area contributed by atoms with Crippen LogP contribution in [0, 0.1) is 11.3 Å². The number of rotatable bonds is 1. The van der Waals surface area contributed by atoms with Gasteiger partial charge in [-0.3, -0.25) is 4.79 Å². The Morgan fingerprint density at radius 2 is 2.21 bits per heavy atom. The molecule has 0 radical (unpaired) electrons. The number of hydrogen-bond acceptors (Lipinski definition) is 3. The minimum absolute atomic E-state index is 0.00287. The molecule has 0 amide bonds. The molecule has 0 aliphatic heterocycles. The summed E-state index contributed by atoms with van der Waals surface area (Å²) in [5.74, 6) is -0.0975. The maximum Gasteiger partial charge on any atom is 0.341 e. The Morgan fingerprint density at radius 1 is 1.57 bits per heavy atom. The SMILES string of the molecule is COC(=O)C1=CC[C@@H](C)C2(CC2)C1=O. The molecule has 3 heteroatoms. The van der Waals surface area contributed by atoms with Crippen LogP contribution in [0.2, 0.25) is 0 Å². The fourth-order valence-corrected chi connectivity index (χ4v) is 2.25. The Bertz CT molecular complexity index is 323. The smallest absolute Gasteiger partial charge is 0.341 e. The van der Waals surface area contributed by atoms with Crippen molar-refractivity contribution in [3.63, 3.8) is 0 Å². The van der Waals surface area contributed by atoms with Gasteiger partial charge in [-0.15, -0.1) is 0 Å². The van der Waals surface area contributed by atoms with Crippen molar-refractivity contribution in [1.29, 1.82) is 0 Å². The second-order valence-corrected chi connectivity index (χ2v) is 4.23. The maximum atomic E-state index is 12.0.